The second-order valence-electron chi connectivity index (χ2n) is 6.83. The first-order valence-electron chi connectivity index (χ1n) is 9.62. The Morgan fingerprint density at radius 1 is 1.13 bits per heavy atom. The topological polar surface area (TPSA) is 94.8 Å². The molecule has 0 unspecified atom stereocenters. The number of anilines is 1. The molecule has 0 aliphatic heterocycles. The van der Waals surface area contributed by atoms with E-state index in [9.17, 15) is 9.59 Å². The molecule has 0 aliphatic carbocycles. The van der Waals surface area contributed by atoms with Crippen LogP contribution in [0.3, 0.4) is 0 Å². The maximum absolute atomic E-state index is 12.6. The first-order chi connectivity index (χ1) is 14.9. The largest absolute Gasteiger partial charge is 0.513 e. The standard InChI is InChI=1S/C22H20N4O4S/c1-4-29-22(28)30-16-8-6-15(7-9-16)19(27)23-20-24-21-26(25-20)18(12-31-21)17-10-5-13(2)11-14(17)3/h5-12H,4H2,1-3H3,(H,23,25,27). The van der Waals surface area contributed by atoms with E-state index in [0.29, 0.717) is 10.5 Å². The van der Waals surface area contributed by atoms with E-state index in [1.54, 1.807) is 23.6 Å². The van der Waals surface area contributed by atoms with Crippen LogP contribution in [0.25, 0.3) is 16.2 Å². The quantitative estimate of drug-likeness (QED) is 0.355. The maximum atomic E-state index is 12.6. The maximum Gasteiger partial charge on any atom is 0.513 e. The lowest BCUT2D eigenvalue weighted by Crippen LogP contribution is -2.13. The van der Waals surface area contributed by atoms with Crippen LogP contribution in [0.15, 0.2) is 47.8 Å². The van der Waals surface area contributed by atoms with Gasteiger partial charge in [0.05, 0.1) is 12.3 Å². The molecular formula is C22H20N4O4S. The van der Waals surface area contributed by atoms with E-state index in [-0.39, 0.29) is 24.2 Å². The van der Waals surface area contributed by atoms with Gasteiger partial charge in [-0.3, -0.25) is 10.1 Å². The van der Waals surface area contributed by atoms with Crippen molar-refractivity contribution >= 4 is 34.3 Å². The summed E-state index contributed by atoms with van der Waals surface area (Å²) < 4.78 is 11.4. The number of ether oxygens (including phenoxy) is 2. The Morgan fingerprint density at radius 2 is 1.90 bits per heavy atom. The molecule has 0 saturated carbocycles. The minimum Gasteiger partial charge on any atom is -0.434 e. The molecule has 0 bridgehead atoms. The molecule has 8 nitrogen and oxygen atoms in total. The number of hydrogen-bond acceptors (Lipinski definition) is 7. The van der Waals surface area contributed by atoms with E-state index >= 15 is 0 Å². The van der Waals surface area contributed by atoms with Crippen LogP contribution in [0.2, 0.25) is 0 Å². The van der Waals surface area contributed by atoms with Crippen LogP contribution < -0.4 is 10.1 Å². The highest BCUT2D eigenvalue weighted by Crippen LogP contribution is 2.29. The summed E-state index contributed by atoms with van der Waals surface area (Å²) in [6.45, 7) is 6.02. The monoisotopic (exact) mass is 436 g/mol. The summed E-state index contributed by atoms with van der Waals surface area (Å²) in [6.07, 6.45) is -0.790. The molecule has 0 saturated heterocycles. The normalized spacial score (nSPS) is 10.8. The number of nitrogens with zero attached hydrogens (tertiary/aromatic N) is 3. The van der Waals surface area contributed by atoms with Crippen molar-refractivity contribution in [2.45, 2.75) is 20.8 Å². The first-order valence-corrected chi connectivity index (χ1v) is 10.5. The van der Waals surface area contributed by atoms with Gasteiger partial charge in [0.25, 0.3) is 11.9 Å². The molecule has 2 aromatic heterocycles. The van der Waals surface area contributed by atoms with E-state index in [1.807, 2.05) is 5.38 Å². The number of benzene rings is 2. The van der Waals surface area contributed by atoms with E-state index in [2.05, 4.69) is 47.4 Å². The molecule has 2 heterocycles. The van der Waals surface area contributed by atoms with Crippen molar-refractivity contribution in [3.63, 3.8) is 0 Å². The number of aromatic nitrogens is 3. The van der Waals surface area contributed by atoms with Gasteiger partial charge < -0.3 is 9.47 Å². The molecule has 0 radical (unpaired) electrons. The molecule has 1 amide bonds. The summed E-state index contributed by atoms with van der Waals surface area (Å²) >= 11 is 1.45. The Hall–Kier alpha value is -3.72. The highest BCUT2D eigenvalue weighted by molar-refractivity contribution is 7.15. The molecule has 9 heteroatoms. The van der Waals surface area contributed by atoms with E-state index in [1.165, 1.54) is 29.0 Å². The minimum atomic E-state index is -0.790. The Balaban J connectivity index is 1.50. The summed E-state index contributed by atoms with van der Waals surface area (Å²) in [5.74, 6) is 0.137. The molecule has 0 aliphatic rings. The van der Waals surface area contributed by atoms with Crippen LogP contribution >= 0.6 is 11.3 Å². The molecule has 0 atom stereocenters. The smallest absolute Gasteiger partial charge is 0.434 e. The Morgan fingerprint density at radius 3 is 2.61 bits per heavy atom. The average molecular weight is 436 g/mol. The molecule has 0 fully saturated rings. The molecular weight excluding hydrogens is 416 g/mol. The fourth-order valence-electron chi connectivity index (χ4n) is 3.11. The molecule has 158 valence electrons. The van der Waals surface area contributed by atoms with Crippen LogP contribution in [-0.2, 0) is 4.74 Å². The van der Waals surface area contributed by atoms with Crippen molar-refractivity contribution in [1.29, 1.82) is 0 Å². The van der Waals surface area contributed by atoms with Gasteiger partial charge >= 0.3 is 6.16 Å². The average Bonchev–Trinajstić information content (AvgIpc) is 3.29. The zero-order valence-corrected chi connectivity index (χ0v) is 18.0. The van der Waals surface area contributed by atoms with Crippen molar-refractivity contribution in [2.24, 2.45) is 0 Å². The van der Waals surface area contributed by atoms with Crippen molar-refractivity contribution in [1.82, 2.24) is 14.6 Å². The van der Waals surface area contributed by atoms with Gasteiger partial charge in [-0.1, -0.05) is 23.8 Å². The molecule has 1 N–H and O–H groups in total. The zero-order valence-electron chi connectivity index (χ0n) is 17.2. The van der Waals surface area contributed by atoms with Crippen molar-refractivity contribution in [3.05, 3.63) is 64.5 Å². The van der Waals surface area contributed by atoms with E-state index in [4.69, 9.17) is 9.47 Å². The summed E-state index contributed by atoms with van der Waals surface area (Å²) in [5.41, 5.74) is 4.70. The summed E-state index contributed by atoms with van der Waals surface area (Å²) in [5, 5.41) is 9.16. The predicted octanol–water partition coefficient (Wildman–Crippen LogP) is 4.86. The third-order valence-electron chi connectivity index (χ3n) is 4.54. The number of fused-ring (bicyclic) bond motifs is 1. The minimum absolute atomic E-state index is 0.217. The fraction of sp³-hybridized carbons (Fsp3) is 0.182. The first kappa shape index (κ1) is 20.5. The van der Waals surface area contributed by atoms with Crippen molar-refractivity contribution < 1.29 is 19.1 Å². The van der Waals surface area contributed by atoms with Gasteiger partial charge in [-0.25, -0.2) is 9.31 Å². The number of amides is 1. The van der Waals surface area contributed by atoms with Crippen LogP contribution in [0.4, 0.5) is 10.7 Å². The Bertz CT molecular complexity index is 1260. The fourth-order valence-corrected chi connectivity index (χ4v) is 3.93. The SMILES string of the molecule is CCOC(=O)Oc1ccc(C(=O)Nc2nc3scc(-c4ccc(C)cc4C)n3n2)cc1. The Kier molecular flexibility index (Phi) is 5.68. The van der Waals surface area contributed by atoms with E-state index < -0.39 is 6.16 Å². The van der Waals surface area contributed by atoms with Crippen LogP contribution in [0.5, 0.6) is 5.75 Å². The van der Waals surface area contributed by atoms with Crippen molar-refractivity contribution in [2.75, 3.05) is 11.9 Å². The lowest BCUT2D eigenvalue weighted by atomic mass is 10.0. The number of thiazole rings is 1. The zero-order chi connectivity index (χ0) is 22.0. The van der Waals surface area contributed by atoms with Crippen molar-refractivity contribution in [3.8, 4) is 17.0 Å². The molecule has 4 rings (SSSR count). The Labute approximate surface area is 182 Å². The summed E-state index contributed by atoms with van der Waals surface area (Å²) in [4.78, 5) is 29.0. The van der Waals surface area contributed by atoms with Crippen LogP contribution in [0, 0.1) is 13.8 Å². The highest BCUT2D eigenvalue weighted by atomic mass is 32.1. The number of hydrogen-bond donors (Lipinski definition) is 1. The molecule has 2 aromatic carbocycles. The summed E-state index contributed by atoms with van der Waals surface area (Å²) in [7, 11) is 0. The van der Waals surface area contributed by atoms with Crippen LogP contribution in [-0.4, -0.2) is 33.3 Å². The van der Waals surface area contributed by atoms with Gasteiger partial charge in [0.1, 0.15) is 5.75 Å². The van der Waals surface area contributed by atoms with Crippen LogP contribution in [0.1, 0.15) is 28.4 Å². The third kappa shape index (κ3) is 4.41. The third-order valence-corrected chi connectivity index (χ3v) is 5.36. The second-order valence-corrected chi connectivity index (χ2v) is 7.67. The molecule has 31 heavy (non-hydrogen) atoms. The number of carbonyl (C=O) groups excluding carboxylic acids is 2. The number of aryl methyl sites for hydroxylation is 2. The number of carbonyl (C=O) groups is 2. The van der Waals surface area contributed by atoms with Gasteiger partial charge in [0, 0.05) is 16.5 Å². The second kappa shape index (κ2) is 8.57. The number of rotatable bonds is 5. The van der Waals surface area contributed by atoms with Gasteiger partial charge in [0.2, 0.25) is 4.96 Å². The number of nitrogens with one attached hydrogen (secondary N) is 1. The lowest BCUT2D eigenvalue weighted by molar-refractivity contribution is 0.102. The van der Waals surface area contributed by atoms with Gasteiger partial charge in [-0.2, -0.15) is 4.98 Å². The molecule has 4 aromatic rings. The lowest BCUT2D eigenvalue weighted by Gasteiger charge is -2.06. The van der Waals surface area contributed by atoms with E-state index in [0.717, 1.165) is 16.8 Å². The van der Waals surface area contributed by atoms with Gasteiger partial charge in [-0.15, -0.1) is 16.4 Å². The molecule has 0 spiro atoms. The van der Waals surface area contributed by atoms with Gasteiger partial charge in [-0.05, 0) is 50.6 Å². The van der Waals surface area contributed by atoms with Gasteiger partial charge in [0.15, 0.2) is 0 Å². The predicted molar refractivity (Wildman–Crippen MR) is 118 cm³/mol. The summed E-state index contributed by atoms with van der Waals surface area (Å²) in [6, 6.07) is 12.4. The highest BCUT2D eigenvalue weighted by Gasteiger charge is 2.16.